The standard InChI is InChI=1S/C16H27N7O2/c1-6-17-16(25)23-9-7-22(8-10-23)14(24)12-11-13(20(2)3)19-15(18-12)21(4)5/h11H,6-10H2,1-5H3,(H,17,25). The lowest BCUT2D eigenvalue weighted by Crippen LogP contribution is -2.53. The van der Waals surface area contributed by atoms with Crippen molar-refractivity contribution in [3.8, 4) is 0 Å². The fourth-order valence-corrected chi connectivity index (χ4v) is 2.50. The van der Waals surface area contributed by atoms with E-state index in [4.69, 9.17) is 0 Å². The number of hydrogen-bond acceptors (Lipinski definition) is 6. The van der Waals surface area contributed by atoms with Crippen LogP contribution in [-0.4, -0.2) is 92.6 Å². The zero-order chi connectivity index (χ0) is 18.6. The molecule has 0 saturated carbocycles. The van der Waals surface area contributed by atoms with Crippen molar-refractivity contribution in [2.45, 2.75) is 6.92 Å². The Morgan fingerprint density at radius 1 is 1.04 bits per heavy atom. The maximum absolute atomic E-state index is 12.8. The number of nitrogens with one attached hydrogen (secondary N) is 1. The normalized spacial score (nSPS) is 14.3. The van der Waals surface area contributed by atoms with Gasteiger partial charge in [0.1, 0.15) is 11.5 Å². The maximum atomic E-state index is 12.8. The van der Waals surface area contributed by atoms with E-state index in [0.29, 0.717) is 50.2 Å². The Labute approximate surface area is 148 Å². The summed E-state index contributed by atoms with van der Waals surface area (Å²) in [4.78, 5) is 40.6. The van der Waals surface area contributed by atoms with Gasteiger partial charge in [-0.05, 0) is 6.92 Å². The third-order valence-electron chi connectivity index (χ3n) is 3.96. The van der Waals surface area contributed by atoms with Crippen LogP contribution in [0.25, 0.3) is 0 Å². The summed E-state index contributed by atoms with van der Waals surface area (Å²) in [6.45, 7) is 4.51. The highest BCUT2D eigenvalue weighted by Gasteiger charge is 2.26. The quantitative estimate of drug-likeness (QED) is 0.830. The zero-order valence-corrected chi connectivity index (χ0v) is 15.6. The van der Waals surface area contributed by atoms with Gasteiger partial charge in [-0.15, -0.1) is 0 Å². The molecular weight excluding hydrogens is 322 g/mol. The van der Waals surface area contributed by atoms with Crippen molar-refractivity contribution in [1.29, 1.82) is 0 Å². The van der Waals surface area contributed by atoms with E-state index in [1.807, 2.05) is 40.0 Å². The molecule has 1 aromatic heterocycles. The molecule has 0 aromatic carbocycles. The number of anilines is 2. The maximum Gasteiger partial charge on any atom is 0.317 e. The third kappa shape index (κ3) is 4.49. The number of piperazine rings is 1. The Balaban J connectivity index is 2.12. The number of nitrogens with zero attached hydrogens (tertiary/aromatic N) is 6. The molecule has 138 valence electrons. The highest BCUT2D eigenvalue weighted by Crippen LogP contribution is 2.16. The van der Waals surface area contributed by atoms with Gasteiger partial charge in [0.15, 0.2) is 0 Å². The van der Waals surface area contributed by atoms with E-state index < -0.39 is 0 Å². The molecule has 9 heteroatoms. The van der Waals surface area contributed by atoms with Gasteiger partial charge in [0.2, 0.25) is 5.95 Å². The molecule has 0 aliphatic carbocycles. The molecule has 1 aliphatic rings. The van der Waals surface area contributed by atoms with Crippen molar-refractivity contribution in [1.82, 2.24) is 25.1 Å². The number of carbonyl (C=O) groups excluding carboxylic acids is 2. The van der Waals surface area contributed by atoms with Gasteiger partial charge in [0.05, 0.1) is 0 Å². The van der Waals surface area contributed by atoms with Crippen LogP contribution in [-0.2, 0) is 0 Å². The van der Waals surface area contributed by atoms with Crippen molar-refractivity contribution in [2.24, 2.45) is 0 Å². The smallest absolute Gasteiger partial charge is 0.317 e. The van der Waals surface area contributed by atoms with Gasteiger partial charge in [-0.3, -0.25) is 4.79 Å². The molecule has 1 N–H and O–H groups in total. The van der Waals surface area contributed by atoms with Crippen LogP contribution in [0.3, 0.4) is 0 Å². The summed E-state index contributed by atoms with van der Waals surface area (Å²) in [5.41, 5.74) is 0.369. The summed E-state index contributed by atoms with van der Waals surface area (Å²) in [5, 5.41) is 2.78. The second-order valence-corrected chi connectivity index (χ2v) is 6.31. The van der Waals surface area contributed by atoms with Crippen LogP contribution in [0.2, 0.25) is 0 Å². The molecule has 0 bridgehead atoms. The highest BCUT2D eigenvalue weighted by atomic mass is 16.2. The van der Waals surface area contributed by atoms with Gasteiger partial charge in [0, 0.05) is 67.0 Å². The SMILES string of the molecule is CCNC(=O)N1CCN(C(=O)c2cc(N(C)C)nc(N(C)C)n2)CC1. The number of amides is 3. The van der Waals surface area contributed by atoms with Crippen molar-refractivity contribution in [3.63, 3.8) is 0 Å². The summed E-state index contributed by atoms with van der Waals surface area (Å²) >= 11 is 0. The van der Waals surface area contributed by atoms with Gasteiger partial charge >= 0.3 is 6.03 Å². The molecule has 0 spiro atoms. The van der Waals surface area contributed by atoms with E-state index in [0.717, 1.165) is 0 Å². The number of hydrogen-bond donors (Lipinski definition) is 1. The van der Waals surface area contributed by atoms with E-state index in [1.54, 1.807) is 20.8 Å². The Morgan fingerprint density at radius 2 is 1.64 bits per heavy atom. The van der Waals surface area contributed by atoms with Gasteiger partial charge < -0.3 is 24.9 Å². The average molecular weight is 349 g/mol. The number of aromatic nitrogens is 2. The predicted molar refractivity (Wildman–Crippen MR) is 97.2 cm³/mol. The van der Waals surface area contributed by atoms with Crippen molar-refractivity contribution in [2.75, 3.05) is 70.7 Å². The first-order chi connectivity index (χ1) is 11.8. The van der Waals surface area contributed by atoms with Crippen molar-refractivity contribution in [3.05, 3.63) is 11.8 Å². The van der Waals surface area contributed by atoms with Crippen molar-refractivity contribution < 1.29 is 9.59 Å². The summed E-state index contributed by atoms with van der Waals surface area (Å²) < 4.78 is 0. The molecule has 1 saturated heterocycles. The molecule has 0 atom stereocenters. The molecule has 1 aromatic rings. The van der Waals surface area contributed by atoms with Crippen LogP contribution < -0.4 is 15.1 Å². The minimum absolute atomic E-state index is 0.0820. The first kappa shape index (κ1) is 18.8. The topological polar surface area (TPSA) is 84.9 Å². The van der Waals surface area contributed by atoms with Crippen molar-refractivity contribution >= 4 is 23.7 Å². The fourth-order valence-electron chi connectivity index (χ4n) is 2.50. The second-order valence-electron chi connectivity index (χ2n) is 6.31. The molecule has 25 heavy (non-hydrogen) atoms. The molecule has 0 radical (unpaired) electrons. The summed E-state index contributed by atoms with van der Waals surface area (Å²) in [7, 11) is 7.44. The minimum Gasteiger partial charge on any atom is -0.363 e. The molecule has 9 nitrogen and oxygen atoms in total. The molecule has 3 amide bonds. The van der Waals surface area contributed by atoms with Gasteiger partial charge in [-0.1, -0.05) is 0 Å². The fraction of sp³-hybridized carbons (Fsp3) is 0.625. The van der Waals surface area contributed by atoms with Crippen LogP contribution in [0.5, 0.6) is 0 Å². The minimum atomic E-state index is -0.135. The van der Waals surface area contributed by atoms with E-state index in [2.05, 4.69) is 15.3 Å². The van der Waals surface area contributed by atoms with Crippen LogP contribution in [0.15, 0.2) is 6.07 Å². The lowest BCUT2D eigenvalue weighted by Gasteiger charge is -2.34. The molecule has 0 unspecified atom stereocenters. The highest BCUT2D eigenvalue weighted by molar-refractivity contribution is 5.93. The van der Waals surface area contributed by atoms with Crippen LogP contribution in [0.4, 0.5) is 16.6 Å². The Hall–Kier alpha value is -2.58. The van der Waals surface area contributed by atoms with Gasteiger partial charge in [0.25, 0.3) is 5.91 Å². The third-order valence-corrected chi connectivity index (χ3v) is 3.96. The van der Waals surface area contributed by atoms with Crippen LogP contribution in [0.1, 0.15) is 17.4 Å². The Kier molecular flexibility index (Phi) is 6.00. The summed E-state index contributed by atoms with van der Waals surface area (Å²) in [6, 6.07) is 1.62. The van der Waals surface area contributed by atoms with Gasteiger partial charge in [-0.2, -0.15) is 4.98 Å². The largest absolute Gasteiger partial charge is 0.363 e. The van der Waals surface area contributed by atoms with Crippen LogP contribution in [0, 0.1) is 0 Å². The number of rotatable bonds is 4. The van der Waals surface area contributed by atoms with E-state index in [1.165, 1.54) is 0 Å². The molecule has 2 heterocycles. The summed E-state index contributed by atoms with van der Waals surface area (Å²) in [6.07, 6.45) is 0. The predicted octanol–water partition coefficient (Wildman–Crippen LogP) is 0.0959. The second kappa shape index (κ2) is 8.00. The lowest BCUT2D eigenvalue weighted by molar-refractivity contribution is 0.0659. The first-order valence-electron chi connectivity index (χ1n) is 8.39. The van der Waals surface area contributed by atoms with Crippen LogP contribution >= 0.6 is 0 Å². The van der Waals surface area contributed by atoms with E-state index in [9.17, 15) is 9.59 Å². The molecule has 1 aliphatic heterocycles. The number of carbonyl (C=O) groups is 2. The summed E-state index contributed by atoms with van der Waals surface area (Å²) in [5.74, 6) is 1.04. The first-order valence-corrected chi connectivity index (χ1v) is 8.39. The monoisotopic (exact) mass is 349 g/mol. The lowest BCUT2D eigenvalue weighted by atomic mass is 10.2. The zero-order valence-electron chi connectivity index (χ0n) is 15.6. The average Bonchev–Trinajstić information content (AvgIpc) is 2.61. The number of urea groups is 1. The van der Waals surface area contributed by atoms with Gasteiger partial charge in [-0.25, -0.2) is 9.78 Å². The molecule has 2 rings (SSSR count). The molecule has 1 fully saturated rings. The van der Waals surface area contributed by atoms with E-state index >= 15 is 0 Å². The Morgan fingerprint density at radius 3 is 2.16 bits per heavy atom. The van der Waals surface area contributed by atoms with E-state index in [-0.39, 0.29) is 11.9 Å². The molecular formula is C16H27N7O2. The Bertz CT molecular complexity index is 599.